The minimum Gasteiger partial charge on any atom is -0.387 e. The molecule has 0 atom stereocenters. The summed E-state index contributed by atoms with van der Waals surface area (Å²) in [7, 11) is 0. The SMILES string of the molecule is CC(N)=NC(=NC(C)C)c1cnc(C)[nH]1. The smallest absolute Gasteiger partial charge is 0.174 e. The molecule has 0 aliphatic rings. The van der Waals surface area contributed by atoms with Crippen molar-refractivity contribution < 1.29 is 0 Å². The molecule has 0 aromatic carbocycles. The number of hydrogen-bond donors (Lipinski definition) is 2. The van der Waals surface area contributed by atoms with Crippen LogP contribution in [-0.4, -0.2) is 27.7 Å². The van der Waals surface area contributed by atoms with Gasteiger partial charge in [-0.05, 0) is 27.7 Å². The predicted molar refractivity (Wildman–Crippen MR) is 62.3 cm³/mol. The van der Waals surface area contributed by atoms with Crippen LogP contribution >= 0.6 is 0 Å². The Balaban J connectivity index is 3.07. The quantitative estimate of drug-likeness (QED) is 0.565. The number of aromatic amines is 1. The van der Waals surface area contributed by atoms with Crippen LogP contribution in [0.3, 0.4) is 0 Å². The van der Waals surface area contributed by atoms with Crippen molar-refractivity contribution in [3.8, 4) is 0 Å². The van der Waals surface area contributed by atoms with E-state index in [4.69, 9.17) is 5.73 Å². The van der Waals surface area contributed by atoms with Gasteiger partial charge in [0, 0.05) is 6.04 Å². The molecule has 0 unspecified atom stereocenters. The number of aryl methyl sites for hydroxylation is 1. The van der Waals surface area contributed by atoms with Gasteiger partial charge >= 0.3 is 0 Å². The van der Waals surface area contributed by atoms with Gasteiger partial charge in [0.1, 0.15) is 11.5 Å². The number of imidazole rings is 1. The van der Waals surface area contributed by atoms with Crippen LogP contribution in [0.4, 0.5) is 0 Å². The molecule has 0 bridgehead atoms. The monoisotopic (exact) mass is 207 g/mol. The summed E-state index contributed by atoms with van der Waals surface area (Å²) in [6.45, 7) is 7.60. The van der Waals surface area contributed by atoms with E-state index in [1.807, 2.05) is 20.8 Å². The van der Waals surface area contributed by atoms with Crippen LogP contribution in [0.1, 0.15) is 32.3 Å². The van der Waals surface area contributed by atoms with Crippen molar-refractivity contribution in [3.05, 3.63) is 17.7 Å². The number of nitrogens with two attached hydrogens (primary N) is 1. The average Bonchev–Trinajstić information content (AvgIpc) is 2.48. The highest BCUT2D eigenvalue weighted by Gasteiger charge is 2.06. The summed E-state index contributed by atoms with van der Waals surface area (Å²) in [6.07, 6.45) is 1.71. The van der Waals surface area contributed by atoms with Crippen LogP contribution in [-0.2, 0) is 0 Å². The maximum absolute atomic E-state index is 5.55. The summed E-state index contributed by atoms with van der Waals surface area (Å²) in [5.41, 5.74) is 6.35. The zero-order chi connectivity index (χ0) is 11.4. The molecule has 0 aliphatic carbocycles. The van der Waals surface area contributed by atoms with Crippen LogP contribution in [0, 0.1) is 6.92 Å². The number of hydrogen-bond acceptors (Lipinski definition) is 2. The lowest BCUT2D eigenvalue weighted by Crippen LogP contribution is -2.12. The van der Waals surface area contributed by atoms with Gasteiger partial charge in [0.25, 0.3) is 0 Å². The molecule has 1 rings (SSSR count). The summed E-state index contributed by atoms with van der Waals surface area (Å²) in [4.78, 5) is 15.7. The Bertz CT molecular complexity index is 382. The van der Waals surface area contributed by atoms with E-state index in [0.717, 1.165) is 11.5 Å². The van der Waals surface area contributed by atoms with Gasteiger partial charge in [-0.1, -0.05) is 0 Å². The van der Waals surface area contributed by atoms with Crippen molar-refractivity contribution in [3.63, 3.8) is 0 Å². The highest BCUT2D eigenvalue weighted by molar-refractivity contribution is 6.04. The second-order valence-electron chi connectivity index (χ2n) is 3.68. The highest BCUT2D eigenvalue weighted by Crippen LogP contribution is 2.02. The second kappa shape index (κ2) is 4.72. The van der Waals surface area contributed by atoms with Gasteiger partial charge in [0.15, 0.2) is 5.84 Å². The van der Waals surface area contributed by atoms with Gasteiger partial charge in [0.2, 0.25) is 0 Å². The molecule has 5 heteroatoms. The third kappa shape index (κ3) is 3.53. The van der Waals surface area contributed by atoms with Crippen LogP contribution in [0.2, 0.25) is 0 Å². The standard InChI is InChI=1S/C10H17N5/c1-6(2)13-10(14-7(3)11)9-5-12-8(4)15-9/h5-6H,1-4H3,(H,12,15)(H2,11,13,14). The molecular weight excluding hydrogens is 190 g/mol. The van der Waals surface area contributed by atoms with Crippen molar-refractivity contribution in [1.29, 1.82) is 0 Å². The van der Waals surface area contributed by atoms with Crippen LogP contribution < -0.4 is 5.73 Å². The Morgan fingerprint density at radius 1 is 1.53 bits per heavy atom. The van der Waals surface area contributed by atoms with E-state index >= 15 is 0 Å². The molecule has 0 fully saturated rings. The minimum atomic E-state index is 0.173. The zero-order valence-corrected chi connectivity index (χ0v) is 9.57. The minimum absolute atomic E-state index is 0.173. The Hall–Kier alpha value is -1.65. The van der Waals surface area contributed by atoms with E-state index < -0.39 is 0 Å². The maximum Gasteiger partial charge on any atom is 0.174 e. The van der Waals surface area contributed by atoms with E-state index in [0.29, 0.717) is 11.7 Å². The number of aliphatic imine (C=N–C) groups is 2. The second-order valence-corrected chi connectivity index (χ2v) is 3.68. The molecular formula is C10H17N5. The molecule has 0 aliphatic heterocycles. The lowest BCUT2D eigenvalue weighted by Gasteiger charge is -2.01. The first-order chi connectivity index (χ1) is 6.99. The number of aromatic nitrogens is 2. The number of amidine groups is 2. The fraction of sp³-hybridized carbons (Fsp3) is 0.500. The van der Waals surface area contributed by atoms with Crippen LogP contribution in [0.25, 0.3) is 0 Å². The summed E-state index contributed by atoms with van der Waals surface area (Å²) in [5.74, 6) is 1.93. The van der Waals surface area contributed by atoms with Crippen molar-refractivity contribution in [1.82, 2.24) is 9.97 Å². The van der Waals surface area contributed by atoms with Crippen LogP contribution in [0.5, 0.6) is 0 Å². The van der Waals surface area contributed by atoms with Gasteiger partial charge in [-0.2, -0.15) is 0 Å². The van der Waals surface area contributed by atoms with Gasteiger partial charge in [-0.15, -0.1) is 0 Å². The molecule has 15 heavy (non-hydrogen) atoms. The van der Waals surface area contributed by atoms with E-state index in [2.05, 4.69) is 20.0 Å². The fourth-order valence-electron chi connectivity index (χ4n) is 1.10. The first kappa shape index (κ1) is 11.4. The Morgan fingerprint density at radius 2 is 2.20 bits per heavy atom. The van der Waals surface area contributed by atoms with Crippen LogP contribution in [0.15, 0.2) is 16.2 Å². The van der Waals surface area contributed by atoms with E-state index in [9.17, 15) is 0 Å². The highest BCUT2D eigenvalue weighted by atomic mass is 15.0. The van der Waals surface area contributed by atoms with Crippen molar-refractivity contribution in [2.24, 2.45) is 15.7 Å². The lowest BCUT2D eigenvalue weighted by atomic mass is 10.4. The van der Waals surface area contributed by atoms with Gasteiger partial charge < -0.3 is 10.7 Å². The average molecular weight is 207 g/mol. The third-order valence-electron chi connectivity index (χ3n) is 1.61. The summed E-state index contributed by atoms with van der Waals surface area (Å²) < 4.78 is 0. The Morgan fingerprint density at radius 3 is 2.60 bits per heavy atom. The summed E-state index contributed by atoms with van der Waals surface area (Å²) in [6, 6.07) is 0.173. The first-order valence-corrected chi connectivity index (χ1v) is 4.89. The molecule has 0 amide bonds. The molecule has 0 saturated heterocycles. The molecule has 1 aromatic rings. The number of rotatable bonds is 2. The molecule has 5 nitrogen and oxygen atoms in total. The van der Waals surface area contributed by atoms with Crippen molar-refractivity contribution in [2.75, 3.05) is 0 Å². The number of nitrogens with zero attached hydrogens (tertiary/aromatic N) is 3. The largest absolute Gasteiger partial charge is 0.387 e. The van der Waals surface area contributed by atoms with Crippen molar-refractivity contribution in [2.45, 2.75) is 33.7 Å². The fourth-order valence-corrected chi connectivity index (χ4v) is 1.10. The maximum atomic E-state index is 5.55. The summed E-state index contributed by atoms with van der Waals surface area (Å²) in [5, 5.41) is 0. The molecule has 0 spiro atoms. The Labute approximate surface area is 89.5 Å². The van der Waals surface area contributed by atoms with Gasteiger partial charge in [0.05, 0.1) is 12.0 Å². The zero-order valence-electron chi connectivity index (χ0n) is 9.57. The Kier molecular flexibility index (Phi) is 3.60. The number of nitrogens with one attached hydrogen (secondary N) is 1. The molecule has 1 heterocycles. The summed E-state index contributed by atoms with van der Waals surface area (Å²) >= 11 is 0. The number of H-pyrrole nitrogens is 1. The van der Waals surface area contributed by atoms with E-state index in [-0.39, 0.29) is 6.04 Å². The van der Waals surface area contributed by atoms with Crippen molar-refractivity contribution >= 4 is 11.7 Å². The van der Waals surface area contributed by atoms with Gasteiger partial charge in [-0.25, -0.2) is 9.98 Å². The van der Waals surface area contributed by atoms with E-state index in [1.165, 1.54) is 0 Å². The normalized spacial score (nSPS) is 13.7. The van der Waals surface area contributed by atoms with Gasteiger partial charge in [-0.3, -0.25) is 4.99 Å². The third-order valence-corrected chi connectivity index (χ3v) is 1.61. The molecule has 3 N–H and O–H groups in total. The molecule has 0 radical (unpaired) electrons. The van der Waals surface area contributed by atoms with E-state index in [1.54, 1.807) is 13.1 Å². The predicted octanol–water partition coefficient (Wildman–Crippen LogP) is 1.25. The lowest BCUT2D eigenvalue weighted by molar-refractivity contribution is 0.833. The first-order valence-electron chi connectivity index (χ1n) is 4.89. The molecule has 0 saturated carbocycles. The topological polar surface area (TPSA) is 79.4 Å². The molecule has 82 valence electrons. The molecule has 1 aromatic heterocycles.